The van der Waals surface area contributed by atoms with E-state index in [0.717, 1.165) is 29.6 Å². The van der Waals surface area contributed by atoms with Crippen molar-refractivity contribution in [3.8, 4) is 0 Å². The van der Waals surface area contributed by atoms with Crippen LogP contribution in [0.3, 0.4) is 0 Å². The van der Waals surface area contributed by atoms with Gasteiger partial charge in [0.15, 0.2) is 5.16 Å². The second-order valence-electron chi connectivity index (χ2n) is 5.53. The summed E-state index contributed by atoms with van der Waals surface area (Å²) in [6, 6.07) is 4.13. The van der Waals surface area contributed by atoms with Crippen molar-refractivity contribution < 1.29 is 9.21 Å². The van der Waals surface area contributed by atoms with Gasteiger partial charge in [0.1, 0.15) is 11.6 Å². The maximum atomic E-state index is 12.0. The molecule has 3 rings (SSSR count). The van der Waals surface area contributed by atoms with Crippen molar-refractivity contribution in [1.82, 2.24) is 20.1 Å². The lowest BCUT2D eigenvalue weighted by atomic mass is 10.2. The second-order valence-corrected chi connectivity index (χ2v) is 6.48. The molecule has 2 heterocycles. The zero-order valence-corrected chi connectivity index (χ0v) is 13.4. The molecular formula is C15H20N4O2S. The number of thioether (sulfide) groups is 1. The van der Waals surface area contributed by atoms with E-state index in [4.69, 9.17) is 4.42 Å². The molecule has 2 aromatic rings. The molecule has 0 saturated heterocycles. The van der Waals surface area contributed by atoms with Crippen molar-refractivity contribution in [1.29, 1.82) is 0 Å². The van der Waals surface area contributed by atoms with Gasteiger partial charge in [-0.25, -0.2) is 0 Å². The molecule has 1 amide bonds. The average molecular weight is 320 g/mol. The van der Waals surface area contributed by atoms with E-state index < -0.39 is 0 Å². The number of furan rings is 1. The second kappa shape index (κ2) is 7.00. The van der Waals surface area contributed by atoms with Crippen LogP contribution in [-0.4, -0.2) is 32.5 Å². The van der Waals surface area contributed by atoms with Crippen molar-refractivity contribution in [2.24, 2.45) is 0 Å². The predicted molar refractivity (Wildman–Crippen MR) is 83.7 cm³/mol. The summed E-state index contributed by atoms with van der Waals surface area (Å²) >= 11 is 1.42. The third kappa shape index (κ3) is 3.71. The Kier molecular flexibility index (Phi) is 4.82. The Labute approximate surface area is 133 Å². The van der Waals surface area contributed by atoms with Gasteiger partial charge in [0, 0.05) is 6.04 Å². The Bertz CT molecular complexity index is 618. The highest BCUT2D eigenvalue weighted by Gasteiger charge is 2.18. The fraction of sp³-hybridized carbons (Fsp3) is 0.533. The van der Waals surface area contributed by atoms with E-state index in [1.54, 1.807) is 6.26 Å². The molecular weight excluding hydrogens is 300 g/mol. The minimum Gasteiger partial charge on any atom is -0.467 e. The summed E-state index contributed by atoms with van der Waals surface area (Å²) in [5, 5.41) is 12.1. The van der Waals surface area contributed by atoms with E-state index in [9.17, 15) is 4.79 Å². The van der Waals surface area contributed by atoms with Crippen LogP contribution in [0, 0.1) is 6.92 Å². The van der Waals surface area contributed by atoms with E-state index in [2.05, 4.69) is 15.5 Å². The molecule has 1 aliphatic rings. The molecule has 1 fully saturated rings. The quantitative estimate of drug-likeness (QED) is 0.827. The molecule has 0 unspecified atom stereocenters. The molecule has 118 valence electrons. The number of carbonyl (C=O) groups is 1. The third-order valence-corrected chi connectivity index (χ3v) is 4.82. The highest BCUT2D eigenvalue weighted by atomic mass is 32.2. The lowest BCUT2D eigenvalue weighted by Gasteiger charge is -2.11. The summed E-state index contributed by atoms with van der Waals surface area (Å²) in [7, 11) is 0. The molecule has 1 aliphatic carbocycles. The van der Waals surface area contributed by atoms with Gasteiger partial charge >= 0.3 is 0 Å². The standard InChI is InChI=1S/C15H20N4O2S/c1-11-17-18-15(19(11)9-13-7-4-8-21-13)22-10-14(20)16-12-5-2-3-6-12/h4,7-8,12H,2-3,5-6,9-10H2,1H3,(H,16,20). The van der Waals surface area contributed by atoms with Crippen LogP contribution >= 0.6 is 11.8 Å². The smallest absolute Gasteiger partial charge is 0.230 e. The fourth-order valence-corrected chi connectivity index (χ4v) is 3.47. The molecule has 0 aliphatic heterocycles. The van der Waals surface area contributed by atoms with Gasteiger partial charge in [-0.2, -0.15) is 0 Å². The number of carbonyl (C=O) groups excluding carboxylic acids is 1. The van der Waals surface area contributed by atoms with Gasteiger partial charge in [0.2, 0.25) is 5.91 Å². The van der Waals surface area contributed by atoms with Gasteiger partial charge < -0.3 is 9.73 Å². The molecule has 0 atom stereocenters. The zero-order valence-electron chi connectivity index (χ0n) is 12.6. The number of hydrogen-bond acceptors (Lipinski definition) is 5. The van der Waals surface area contributed by atoms with Crippen LogP contribution in [0.2, 0.25) is 0 Å². The number of rotatable bonds is 6. The van der Waals surface area contributed by atoms with Gasteiger partial charge in [0.05, 0.1) is 18.6 Å². The van der Waals surface area contributed by atoms with E-state index in [1.807, 2.05) is 23.6 Å². The van der Waals surface area contributed by atoms with Crippen LogP contribution in [0.4, 0.5) is 0 Å². The molecule has 2 aromatic heterocycles. The molecule has 0 aromatic carbocycles. The van der Waals surface area contributed by atoms with Crippen molar-refractivity contribution in [2.45, 2.75) is 50.4 Å². The van der Waals surface area contributed by atoms with Gasteiger partial charge in [-0.1, -0.05) is 24.6 Å². The van der Waals surface area contributed by atoms with Gasteiger partial charge in [0.25, 0.3) is 0 Å². The average Bonchev–Trinajstić information content (AvgIpc) is 3.23. The lowest BCUT2D eigenvalue weighted by molar-refractivity contribution is -0.119. The fourth-order valence-electron chi connectivity index (χ4n) is 2.68. The topological polar surface area (TPSA) is 73.0 Å². The Morgan fingerprint density at radius 1 is 1.45 bits per heavy atom. The van der Waals surface area contributed by atoms with Crippen molar-refractivity contribution in [3.63, 3.8) is 0 Å². The predicted octanol–water partition coefficient (Wildman–Crippen LogP) is 2.38. The van der Waals surface area contributed by atoms with Crippen LogP contribution in [-0.2, 0) is 11.3 Å². The minimum atomic E-state index is 0.0714. The molecule has 0 bridgehead atoms. The molecule has 0 spiro atoms. The lowest BCUT2D eigenvalue weighted by Crippen LogP contribution is -2.33. The largest absolute Gasteiger partial charge is 0.467 e. The highest BCUT2D eigenvalue weighted by Crippen LogP contribution is 2.20. The Morgan fingerprint density at radius 3 is 3.00 bits per heavy atom. The maximum Gasteiger partial charge on any atom is 0.230 e. The summed E-state index contributed by atoms with van der Waals surface area (Å²) in [6.45, 7) is 2.48. The first-order valence-electron chi connectivity index (χ1n) is 7.57. The molecule has 0 radical (unpaired) electrons. The van der Waals surface area contributed by atoms with E-state index >= 15 is 0 Å². The van der Waals surface area contributed by atoms with Crippen LogP contribution in [0.5, 0.6) is 0 Å². The first kappa shape index (κ1) is 15.1. The van der Waals surface area contributed by atoms with E-state index in [0.29, 0.717) is 18.3 Å². The number of nitrogens with zero attached hydrogens (tertiary/aromatic N) is 3. The monoisotopic (exact) mass is 320 g/mol. The summed E-state index contributed by atoms with van der Waals surface area (Å²) in [5.74, 6) is 2.10. The summed E-state index contributed by atoms with van der Waals surface area (Å²) in [6.07, 6.45) is 6.29. The maximum absolute atomic E-state index is 12.0. The van der Waals surface area contributed by atoms with E-state index in [-0.39, 0.29) is 5.91 Å². The Balaban J connectivity index is 1.57. The number of hydrogen-bond donors (Lipinski definition) is 1. The van der Waals surface area contributed by atoms with Gasteiger partial charge in [-0.3, -0.25) is 9.36 Å². The third-order valence-electron chi connectivity index (χ3n) is 3.85. The van der Waals surface area contributed by atoms with Crippen molar-refractivity contribution >= 4 is 17.7 Å². The zero-order chi connectivity index (χ0) is 15.4. The molecule has 6 nitrogen and oxygen atoms in total. The number of nitrogens with one attached hydrogen (secondary N) is 1. The first-order chi connectivity index (χ1) is 10.7. The normalized spacial score (nSPS) is 15.3. The van der Waals surface area contributed by atoms with Crippen LogP contribution in [0.15, 0.2) is 28.0 Å². The first-order valence-corrected chi connectivity index (χ1v) is 8.55. The van der Waals surface area contributed by atoms with Gasteiger partial charge in [-0.05, 0) is 31.9 Å². The Hall–Kier alpha value is -1.76. The highest BCUT2D eigenvalue weighted by molar-refractivity contribution is 7.99. The number of amides is 1. The number of aryl methyl sites for hydroxylation is 1. The van der Waals surface area contributed by atoms with Crippen LogP contribution in [0.25, 0.3) is 0 Å². The Morgan fingerprint density at radius 2 is 2.27 bits per heavy atom. The van der Waals surface area contributed by atoms with Crippen LogP contribution < -0.4 is 5.32 Å². The van der Waals surface area contributed by atoms with Crippen LogP contribution in [0.1, 0.15) is 37.3 Å². The molecule has 1 saturated carbocycles. The summed E-state index contributed by atoms with van der Waals surface area (Å²) in [4.78, 5) is 12.0. The van der Waals surface area contributed by atoms with E-state index in [1.165, 1.54) is 24.6 Å². The number of aromatic nitrogens is 3. The summed E-state index contributed by atoms with van der Waals surface area (Å²) in [5.41, 5.74) is 0. The SMILES string of the molecule is Cc1nnc(SCC(=O)NC2CCCC2)n1Cc1ccco1. The summed E-state index contributed by atoms with van der Waals surface area (Å²) < 4.78 is 7.33. The molecule has 7 heteroatoms. The minimum absolute atomic E-state index is 0.0714. The van der Waals surface area contributed by atoms with Crippen molar-refractivity contribution in [3.05, 3.63) is 30.0 Å². The molecule has 1 N–H and O–H groups in total. The molecule has 22 heavy (non-hydrogen) atoms. The van der Waals surface area contributed by atoms with Crippen molar-refractivity contribution in [2.75, 3.05) is 5.75 Å². The van der Waals surface area contributed by atoms with Gasteiger partial charge in [-0.15, -0.1) is 10.2 Å².